The number of nitrogens with one attached hydrogen (secondary N) is 2. The van der Waals surface area contributed by atoms with E-state index in [2.05, 4.69) is 10.6 Å². The summed E-state index contributed by atoms with van der Waals surface area (Å²) in [6, 6.07) is 14.8. The van der Waals surface area contributed by atoms with Crippen LogP contribution < -0.4 is 10.6 Å². The van der Waals surface area contributed by atoms with E-state index in [4.69, 9.17) is 5.11 Å². The molecule has 178 valence electrons. The van der Waals surface area contributed by atoms with Crippen LogP contribution in [0.2, 0.25) is 0 Å². The summed E-state index contributed by atoms with van der Waals surface area (Å²) in [6.07, 6.45) is 1.57. The number of carboxylic acids is 1. The Hall–Kier alpha value is -4.66. The zero-order chi connectivity index (χ0) is 25.3. The normalized spacial score (nSPS) is 14.4. The van der Waals surface area contributed by atoms with Gasteiger partial charge in [-0.05, 0) is 74.9 Å². The van der Waals surface area contributed by atoms with Gasteiger partial charge in [0.2, 0.25) is 5.91 Å². The number of amides is 4. The minimum atomic E-state index is -1.00. The Morgan fingerprint density at radius 2 is 1.66 bits per heavy atom. The van der Waals surface area contributed by atoms with Gasteiger partial charge in [-0.15, -0.1) is 0 Å². The van der Waals surface area contributed by atoms with Crippen molar-refractivity contribution in [3.05, 3.63) is 88.4 Å². The lowest BCUT2D eigenvalue weighted by Crippen LogP contribution is -2.38. The highest BCUT2D eigenvalue weighted by atomic mass is 16.4. The van der Waals surface area contributed by atoms with Crippen molar-refractivity contribution in [3.8, 4) is 5.69 Å². The van der Waals surface area contributed by atoms with E-state index >= 15 is 0 Å². The Kier molecular flexibility index (Phi) is 6.24. The summed E-state index contributed by atoms with van der Waals surface area (Å²) in [7, 11) is 0. The molecule has 9 nitrogen and oxygen atoms in total. The number of urea groups is 1. The molecule has 0 aliphatic carbocycles. The molecule has 0 spiro atoms. The van der Waals surface area contributed by atoms with Gasteiger partial charge in [0.05, 0.1) is 5.56 Å². The van der Waals surface area contributed by atoms with Crippen LogP contribution in [0.15, 0.2) is 60.3 Å². The third kappa shape index (κ3) is 4.84. The van der Waals surface area contributed by atoms with Crippen molar-refractivity contribution in [1.29, 1.82) is 0 Å². The molecule has 1 aromatic heterocycles. The van der Waals surface area contributed by atoms with Gasteiger partial charge in [0.15, 0.2) is 0 Å². The number of nitrogens with zero attached hydrogens (tertiary/aromatic N) is 2. The highest BCUT2D eigenvalue weighted by Crippen LogP contribution is 2.24. The fraction of sp³-hybridized carbons (Fsp3) is 0.154. The summed E-state index contributed by atoms with van der Waals surface area (Å²) in [5.74, 6) is -2.08. The van der Waals surface area contributed by atoms with Crippen molar-refractivity contribution in [2.75, 3.05) is 11.9 Å². The quantitative estimate of drug-likeness (QED) is 0.374. The molecule has 1 saturated heterocycles. The molecule has 3 aromatic rings. The Balaban J connectivity index is 1.52. The lowest BCUT2D eigenvalue weighted by molar-refractivity contribution is -0.127. The number of aryl methyl sites for hydroxylation is 2. The highest BCUT2D eigenvalue weighted by Gasteiger charge is 2.35. The van der Waals surface area contributed by atoms with Crippen molar-refractivity contribution in [3.63, 3.8) is 0 Å². The summed E-state index contributed by atoms with van der Waals surface area (Å²) < 4.78 is 1.92. The van der Waals surface area contributed by atoms with Crippen LogP contribution >= 0.6 is 0 Å². The van der Waals surface area contributed by atoms with E-state index in [0.717, 1.165) is 27.5 Å². The molecule has 35 heavy (non-hydrogen) atoms. The average Bonchev–Trinajstić information content (AvgIpc) is 3.24. The maximum absolute atomic E-state index is 12.9. The van der Waals surface area contributed by atoms with Gasteiger partial charge < -0.3 is 20.3 Å². The van der Waals surface area contributed by atoms with E-state index in [1.165, 1.54) is 12.1 Å². The van der Waals surface area contributed by atoms with Gasteiger partial charge in [-0.25, -0.2) is 14.5 Å². The molecule has 0 saturated carbocycles. The molecule has 3 N–H and O–H groups in total. The first-order valence-corrected chi connectivity index (χ1v) is 10.9. The Labute approximate surface area is 201 Å². The number of aromatic carboxylic acids is 1. The summed E-state index contributed by atoms with van der Waals surface area (Å²) in [5, 5.41) is 14.3. The number of carbonyl (C=O) groups is 4. The fourth-order valence-electron chi connectivity index (χ4n) is 3.94. The molecule has 0 bridgehead atoms. The van der Waals surface area contributed by atoms with Crippen LogP contribution in [-0.4, -0.2) is 44.9 Å². The molecule has 4 amide bonds. The zero-order valence-electron chi connectivity index (χ0n) is 19.5. The SMILES string of the molecule is Cc1ccc(NC(=O)CN2C(=O)N/C(=C/c3cc(C)n(-c4ccc(C(=O)O)cc4)c3C)C2=O)cc1. The molecule has 0 radical (unpaired) electrons. The van der Waals surface area contributed by atoms with Crippen molar-refractivity contribution in [2.45, 2.75) is 20.8 Å². The van der Waals surface area contributed by atoms with Gasteiger partial charge in [-0.1, -0.05) is 17.7 Å². The molecule has 4 rings (SSSR count). The number of carboxylic acid groups (broad SMARTS) is 1. The Morgan fingerprint density at radius 3 is 2.29 bits per heavy atom. The van der Waals surface area contributed by atoms with Crippen molar-refractivity contribution in [1.82, 2.24) is 14.8 Å². The fourth-order valence-corrected chi connectivity index (χ4v) is 3.94. The predicted octanol–water partition coefficient (Wildman–Crippen LogP) is 3.63. The Bertz CT molecular complexity index is 1370. The highest BCUT2D eigenvalue weighted by molar-refractivity contribution is 6.16. The molecule has 1 fully saturated rings. The first-order valence-electron chi connectivity index (χ1n) is 10.9. The van der Waals surface area contributed by atoms with Crippen LogP contribution in [0, 0.1) is 20.8 Å². The molecular weight excluding hydrogens is 448 g/mol. The van der Waals surface area contributed by atoms with E-state index in [1.807, 2.05) is 43.5 Å². The van der Waals surface area contributed by atoms with E-state index in [1.54, 1.807) is 30.3 Å². The second-order valence-corrected chi connectivity index (χ2v) is 8.31. The number of hydrogen-bond acceptors (Lipinski definition) is 4. The van der Waals surface area contributed by atoms with Crippen LogP contribution in [-0.2, 0) is 9.59 Å². The van der Waals surface area contributed by atoms with E-state index in [-0.39, 0.29) is 11.3 Å². The van der Waals surface area contributed by atoms with E-state index in [0.29, 0.717) is 11.3 Å². The molecule has 1 aliphatic rings. The van der Waals surface area contributed by atoms with Gasteiger partial charge in [0, 0.05) is 22.8 Å². The lowest BCUT2D eigenvalue weighted by atomic mass is 10.2. The standard InChI is InChI=1S/C26H24N4O5/c1-15-4-8-20(9-5-15)27-23(31)14-29-24(32)22(28-26(29)35)13-19-12-16(2)30(17(19)3)21-10-6-18(7-11-21)25(33)34/h4-13H,14H2,1-3H3,(H,27,31)(H,28,35)(H,33,34)/b22-13+. The molecule has 0 unspecified atom stereocenters. The number of benzene rings is 2. The topological polar surface area (TPSA) is 121 Å². The minimum absolute atomic E-state index is 0.0691. The van der Waals surface area contributed by atoms with Gasteiger partial charge in [0.1, 0.15) is 12.2 Å². The second kappa shape index (κ2) is 9.30. The monoisotopic (exact) mass is 472 g/mol. The largest absolute Gasteiger partial charge is 0.478 e. The van der Waals surface area contributed by atoms with E-state index in [9.17, 15) is 19.2 Å². The number of rotatable bonds is 6. The van der Waals surface area contributed by atoms with Crippen LogP contribution in [0.5, 0.6) is 0 Å². The third-order valence-electron chi connectivity index (χ3n) is 5.74. The molecule has 1 aliphatic heterocycles. The molecule has 2 heterocycles. The summed E-state index contributed by atoms with van der Waals surface area (Å²) in [6.45, 7) is 5.26. The number of imide groups is 1. The van der Waals surface area contributed by atoms with Crippen LogP contribution in [0.4, 0.5) is 10.5 Å². The first kappa shape index (κ1) is 23.5. The van der Waals surface area contributed by atoms with Gasteiger partial charge >= 0.3 is 12.0 Å². The van der Waals surface area contributed by atoms with Crippen molar-refractivity contribution in [2.24, 2.45) is 0 Å². The number of carbonyl (C=O) groups excluding carboxylic acids is 3. The van der Waals surface area contributed by atoms with Gasteiger partial charge in [-0.2, -0.15) is 0 Å². The second-order valence-electron chi connectivity index (χ2n) is 8.31. The zero-order valence-corrected chi connectivity index (χ0v) is 19.5. The summed E-state index contributed by atoms with van der Waals surface area (Å²) >= 11 is 0. The molecule has 0 atom stereocenters. The number of anilines is 1. The lowest BCUT2D eigenvalue weighted by Gasteiger charge is -2.12. The van der Waals surface area contributed by atoms with Crippen LogP contribution in [0.1, 0.15) is 32.9 Å². The Morgan fingerprint density at radius 1 is 1.00 bits per heavy atom. The van der Waals surface area contributed by atoms with E-state index < -0.39 is 30.4 Å². The van der Waals surface area contributed by atoms with Crippen molar-refractivity contribution >= 4 is 35.6 Å². The predicted molar refractivity (Wildman–Crippen MR) is 130 cm³/mol. The summed E-state index contributed by atoms with van der Waals surface area (Å²) in [5.41, 5.74) is 5.02. The van der Waals surface area contributed by atoms with Crippen LogP contribution in [0.3, 0.4) is 0 Å². The number of hydrogen-bond donors (Lipinski definition) is 3. The molecular formula is C26H24N4O5. The minimum Gasteiger partial charge on any atom is -0.478 e. The third-order valence-corrected chi connectivity index (χ3v) is 5.74. The summed E-state index contributed by atoms with van der Waals surface area (Å²) in [4.78, 5) is 49.6. The smallest absolute Gasteiger partial charge is 0.335 e. The first-order chi connectivity index (χ1) is 16.6. The molecule has 9 heteroatoms. The maximum Gasteiger partial charge on any atom is 0.335 e. The van der Waals surface area contributed by atoms with Crippen LogP contribution in [0.25, 0.3) is 11.8 Å². The van der Waals surface area contributed by atoms with Gasteiger partial charge in [0.25, 0.3) is 5.91 Å². The maximum atomic E-state index is 12.9. The average molecular weight is 473 g/mol. The van der Waals surface area contributed by atoms with Gasteiger partial charge in [-0.3, -0.25) is 9.59 Å². The van der Waals surface area contributed by atoms with Crippen molar-refractivity contribution < 1.29 is 24.3 Å². The number of aromatic nitrogens is 1. The molecule has 2 aromatic carbocycles.